The summed E-state index contributed by atoms with van der Waals surface area (Å²) in [6.45, 7) is 4.56. The fourth-order valence-electron chi connectivity index (χ4n) is 3.71. The number of nitro groups is 1. The number of benzene rings is 2. The van der Waals surface area contributed by atoms with Crippen LogP contribution in [-0.2, 0) is 0 Å². The number of rotatable bonds is 6. The maximum Gasteiger partial charge on any atom is 0.284 e. The number of methoxy groups -OCH3 is 1. The van der Waals surface area contributed by atoms with E-state index in [9.17, 15) is 14.9 Å². The van der Waals surface area contributed by atoms with Gasteiger partial charge in [0.05, 0.1) is 16.9 Å². The third-order valence-corrected chi connectivity index (χ3v) is 7.54. The third-order valence-electron chi connectivity index (χ3n) is 5.42. The van der Waals surface area contributed by atoms with Gasteiger partial charge < -0.3 is 14.5 Å². The van der Waals surface area contributed by atoms with Crippen LogP contribution in [0.3, 0.4) is 0 Å². The fraction of sp³-hybridized carbons (Fsp3) is 0.304. The summed E-state index contributed by atoms with van der Waals surface area (Å²) < 4.78 is 5.96. The first-order valence-electron chi connectivity index (χ1n) is 10.5. The summed E-state index contributed by atoms with van der Waals surface area (Å²) in [4.78, 5) is 33.3. The number of nitrogens with zero attached hydrogens (tertiary/aromatic N) is 4. The van der Waals surface area contributed by atoms with Gasteiger partial charge in [0, 0.05) is 54.6 Å². The monoisotopic (exact) mass is 484 g/mol. The number of amides is 1. The SMILES string of the molecule is COc1ccc(N2CCCN(C(=O)c3ccc(Sc4nc(C)cs4)c([N+](=O)[O-])c3)CC2)cc1. The lowest BCUT2D eigenvalue weighted by Crippen LogP contribution is -2.35. The highest BCUT2D eigenvalue weighted by Crippen LogP contribution is 2.37. The van der Waals surface area contributed by atoms with Gasteiger partial charge in [-0.3, -0.25) is 14.9 Å². The van der Waals surface area contributed by atoms with Gasteiger partial charge in [-0.1, -0.05) is 11.8 Å². The van der Waals surface area contributed by atoms with Gasteiger partial charge in [0.25, 0.3) is 11.6 Å². The second-order valence-electron chi connectivity index (χ2n) is 7.63. The molecular formula is C23H24N4O4S2. The van der Waals surface area contributed by atoms with Crippen LogP contribution in [-0.4, -0.2) is 54.0 Å². The molecule has 0 unspecified atom stereocenters. The molecule has 0 atom stereocenters. The van der Waals surface area contributed by atoms with Crippen molar-refractivity contribution in [2.45, 2.75) is 22.6 Å². The second-order valence-corrected chi connectivity index (χ2v) is 9.77. The predicted molar refractivity (Wildman–Crippen MR) is 130 cm³/mol. The molecule has 10 heteroatoms. The van der Waals surface area contributed by atoms with Crippen molar-refractivity contribution >= 4 is 40.4 Å². The first-order valence-corrected chi connectivity index (χ1v) is 12.2. The zero-order valence-electron chi connectivity index (χ0n) is 18.4. The Bertz CT molecular complexity index is 1150. The van der Waals surface area contributed by atoms with Crippen molar-refractivity contribution in [2.75, 3.05) is 38.2 Å². The number of anilines is 1. The van der Waals surface area contributed by atoms with Gasteiger partial charge in [-0.25, -0.2) is 4.98 Å². The Morgan fingerprint density at radius 1 is 1.15 bits per heavy atom. The summed E-state index contributed by atoms with van der Waals surface area (Å²) in [5.74, 6) is 0.620. The molecule has 2 aromatic carbocycles. The average molecular weight is 485 g/mol. The number of hydrogen-bond acceptors (Lipinski definition) is 8. The summed E-state index contributed by atoms with van der Waals surface area (Å²) in [5.41, 5.74) is 2.22. The minimum absolute atomic E-state index is 0.0756. The zero-order valence-corrected chi connectivity index (χ0v) is 20.0. The number of aromatic nitrogens is 1. The maximum atomic E-state index is 13.2. The van der Waals surface area contributed by atoms with E-state index in [0.717, 1.165) is 34.4 Å². The number of aryl methyl sites for hydroxylation is 1. The summed E-state index contributed by atoms with van der Waals surface area (Å²) in [5, 5.41) is 13.6. The van der Waals surface area contributed by atoms with Crippen molar-refractivity contribution in [3.63, 3.8) is 0 Å². The lowest BCUT2D eigenvalue weighted by molar-refractivity contribution is -0.387. The molecule has 1 aliphatic heterocycles. The Morgan fingerprint density at radius 3 is 2.61 bits per heavy atom. The van der Waals surface area contributed by atoms with E-state index in [2.05, 4.69) is 9.88 Å². The molecule has 1 aliphatic rings. The fourth-order valence-corrected chi connectivity index (χ4v) is 5.59. The minimum atomic E-state index is -0.437. The highest BCUT2D eigenvalue weighted by molar-refractivity contribution is 8.01. The number of thiazole rings is 1. The molecular weight excluding hydrogens is 460 g/mol. The van der Waals surface area contributed by atoms with E-state index >= 15 is 0 Å². The molecule has 1 aromatic heterocycles. The van der Waals surface area contributed by atoms with Gasteiger partial charge in [-0.15, -0.1) is 11.3 Å². The Balaban J connectivity index is 1.47. The van der Waals surface area contributed by atoms with Gasteiger partial charge in [0.1, 0.15) is 5.75 Å². The number of carbonyl (C=O) groups excluding carboxylic acids is 1. The van der Waals surface area contributed by atoms with Crippen LogP contribution >= 0.6 is 23.1 Å². The number of hydrogen-bond donors (Lipinski definition) is 0. The molecule has 172 valence electrons. The van der Waals surface area contributed by atoms with E-state index in [1.165, 1.54) is 29.2 Å². The molecule has 0 aliphatic carbocycles. The molecule has 0 N–H and O–H groups in total. The normalized spacial score (nSPS) is 14.1. The number of nitro benzene ring substituents is 1. The van der Waals surface area contributed by atoms with Crippen LogP contribution in [0.2, 0.25) is 0 Å². The maximum absolute atomic E-state index is 13.2. The van der Waals surface area contributed by atoms with Crippen molar-refractivity contribution in [3.05, 3.63) is 69.2 Å². The van der Waals surface area contributed by atoms with Gasteiger partial charge >= 0.3 is 0 Å². The van der Waals surface area contributed by atoms with Crippen molar-refractivity contribution in [2.24, 2.45) is 0 Å². The Hall–Kier alpha value is -3.11. The summed E-state index contributed by atoms with van der Waals surface area (Å²) in [6.07, 6.45) is 0.817. The van der Waals surface area contributed by atoms with Crippen LogP contribution in [0.25, 0.3) is 0 Å². The molecule has 8 nitrogen and oxygen atoms in total. The Kier molecular flexibility index (Phi) is 7.14. The largest absolute Gasteiger partial charge is 0.497 e. The molecule has 0 spiro atoms. The lowest BCUT2D eigenvalue weighted by atomic mass is 10.1. The molecule has 2 heterocycles. The molecule has 33 heavy (non-hydrogen) atoms. The van der Waals surface area contributed by atoms with Gasteiger partial charge in [0.2, 0.25) is 0 Å². The van der Waals surface area contributed by atoms with E-state index in [1.807, 2.05) is 36.6 Å². The standard InChI is InChI=1S/C23H24N4O4S2/c1-16-15-32-23(24-16)33-21-9-4-17(14-20(21)27(29)30)22(28)26-11-3-10-25(12-13-26)18-5-7-19(31-2)8-6-18/h4-9,14-15H,3,10-13H2,1-2H3. The quantitative estimate of drug-likeness (QED) is 0.364. The van der Waals surface area contributed by atoms with Gasteiger partial charge in [-0.05, 0) is 49.7 Å². The molecule has 4 rings (SSSR count). The summed E-state index contributed by atoms with van der Waals surface area (Å²) >= 11 is 2.69. The van der Waals surface area contributed by atoms with Crippen LogP contribution in [0.4, 0.5) is 11.4 Å². The van der Waals surface area contributed by atoms with Gasteiger partial charge in [0.15, 0.2) is 4.34 Å². The van der Waals surface area contributed by atoms with E-state index in [4.69, 9.17) is 4.74 Å². The van der Waals surface area contributed by atoms with Crippen molar-refractivity contribution in [3.8, 4) is 5.75 Å². The molecule has 3 aromatic rings. The van der Waals surface area contributed by atoms with Crippen LogP contribution in [0.5, 0.6) is 5.75 Å². The van der Waals surface area contributed by atoms with Crippen LogP contribution in [0.15, 0.2) is 57.1 Å². The zero-order chi connectivity index (χ0) is 23.4. The molecule has 1 saturated heterocycles. The van der Waals surface area contributed by atoms with E-state index in [-0.39, 0.29) is 11.6 Å². The van der Waals surface area contributed by atoms with Crippen LogP contribution in [0.1, 0.15) is 22.5 Å². The predicted octanol–water partition coefficient (Wildman–Crippen LogP) is 4.87. The van der Waals surface area contributed by atoms with Crippen molar-refractivity contribution in [1.82, 2.24) is 9.88 Å². The average Bonchev–Trinajstić information content (AvgIpc) is 3.08. The third kappa shape index (κ3) is 5.45. The lowest BCUT2D eigenvalue weighted by Gasteiger charge is -2.24. The summed E-state index contributed by atoms with van der Waals surface area (Å²) in [6, 6.07) is 12.6. The Morgan fingerprint density at radius 2 is 1.94 bits per heavy atom. The van der Waals surface area contributed by atoms with E-state index in [0.29, 0.717) is 30.1 Å². The molecule has 1 fully saturated rings. The van der Waals surface area contributed by atoms with Crippen molar-refractivity contribution < 1.29 is 14.5 Å². The number of ether oxygens (including phenoxy) is 1. The Labute approximate surface area is 200 Å². The second kappa shape index (κ2) is 10.2. The van der Waals surface area contributed by atoms with Crippen LogP contribution in [0, 0.1) is 17.0 Å². The van der Waals surface area contributed by atoms with Crippen molar-refractivity contribution in [1.29, 1.82) is 0 Å². The molecule has 0 bridgehead atoms. The van der Waals surface area contributed by atoms with E-state index in [1.54, 1.807) is 24.1 Å². The number of carbonyl (C=O) groups is 1. The molecule has 1 amide bonds. The smallest absolute Gasteiger partial charge is 0.284 e. The highest BCUT2D eigenvalue weighted by atomic mass is 32.2. The topological polar surface area (TPSA) is 88.8 Å². The first kappa shape index (κ1) is 23.1. The van der Waals surface area contributed by atoms with Crippen LogP contribution < -0.4 is 9.64 Å². The minimum Gasteiger partial charge on any atom is -0.497 e. The molecule has 0 radical (unpaired) electrons. The van der Waals surface area contributed by atoms with E-state index < -0.39 is 4.92 Å². The summed E-state index contributed by atoms with van der Waals surface area (Å²) in [7, 11) is 1.64. The highest BCUT2D eigenvalue weighted by Gasteiger charge is 2.24. The first-order chi connectivity index (χ1) is 15.9. The molecule has 0 saturated carbocycles. The van der Waals surface area contributed by atoms with Gasteiger partial charge in [-0.2, -0.15) is 0 Å².